The van der Waals surface area contributed by atoms with Gasteiger partial charge in [-0.3, -0.25) is 0 Å². The predicted molar refractivity (Wildman–Crippen MR) is 51.4 cm³/mol. The first kappa shape index (κ1) is 10.3. The Morgan fingerprint density at radius 3 is 3.00 bits per heavy atom. The van der Waals surface area contributed by atoms with Crippen molar-refractivity contribution in [2.24, 2.45) is 0 Å². The van der Waals surface area contributed by atoms with E-state index in [1.165, 1.54) is 6.07 Å². The molecule has 0 amide bonds. The quantitative estimate of drug-likeness (QED) is 0.401. The van der Waals surface area contributed by atoms with Gasteiger partial charge in [0, 0.05) is 12.3 Å². The van der Waals surface area contributed by atoms with Gasteiger partial charge >= 0.3 is 0 Å². The van der Waals surface area contributed by atoms with Crippen molar-refractivity contribution in [2.45, 2.75) is 6.42 Å². The van der Waals surface area contributed by atoms with E-state index < -0.39 is 5.82 Å². The van der Waals surface area contributed by atoms with Crippen molar-refractivity contribution in [2.75, 3.05) is 5.88 Å². The molecule has 0 aliphatic carbocycles. The third-order valence-corrected chi connectivity index (χ3v) is 1.74. The first-order valence-electron chi connectivity index (χ1n) is 3.60. The Labute approximate surface area is 85.9 Å². The topological polar surface area (TPSA) is 12.9 Å². The number of halogens is 3. The summed E-state index contributed by atoms with van der Waals surface area (Å²) in [5, 5.41) is 0.212. The molecule has 0 aromatic carbocycles. The second-order valence-corrected chi connectivity index (χ2v) is 2.97. The van der Waals surface area contributed by atoms with Crippen LogP contribution >= 0.6 is 23.2 Å². The summed E-state index contributed by atoms with van der Waals surface area (Å²) in [4.78, 5) is 3.61. The van der Waals surface area contributed by atoms with Crippen LogP contribution in [0.25, 0.3) is 0 Å². The lowest BCUT2D eigenvalue weighted by Crippen LogP contribution is -1.85. The zero-order valence-electron chi connectivity index (χ0n) is 6.65. The summed E-state index contributed by atoms with van der Waals surface area (Å²) < 4.78 is 12.6. The fraction of sp³-hybridized carbons (Fsp3) is 0.222. The third-order valence-electron chi connectivity index (χ3n) is 1.25. The number of hydrogen-bond donors (Lipinski definition) is 0. The Morgan fingerprint density at radius 1 is 1.54 bits per heavy atom. The number of aromatic nitrogens is 1. The van der Waals surface area contributed by atoms with E-state index in [0.717, 1.165) is 6.20 Å². The summed E-state index contributed by atoms with van der Waals surface area (Å²) in [6.07, 6.45) is 1.60. The highest BCUT2D eigenvalue weighted by molar-refractivity contribution is 6.30. The molecule has 0 radical (unpaired) electrons. The van der Waals surface area contributed by atoms with E-state index in [4.69, 9.17) is 23.2 Å². The van der Waals surface area contributed by atoms with Gasteiger partial charge in [-0.25, -0.2) is 9.37 Å². The minimum Gasteiger partial charge on any atom is -0.240 e. The van der Waals surface area contributed by atoms with Crippen molar-refractivity contribution < 1.29 is 4.39 Å². The fourth-order valence-corrected chi connectivity index (χ4v) is 0.960. The molecule has 1 nitrogen and oxygen atoms in total. The lowest BCUT2D eigenvalue weighted by molar-refractivity contribution is 0.621. The van der Waals surface area contributed by atoms with Gasteiger partial charge in [-0.1, -0.05) is 23.4 Å². The van der Waals surface area contributed by atoms with Crippen molar-refractivity contribution in [3.63, 3.8) is 0 Å². The van der Waals surface area contributed by atoms with Crippen LogP contribution in [0.2, 0.25) is 5.15 Å². The van der Waals surface area contributed by atoms with Crippen LogP contribution in [0, 0.1) is 17.7 Å². The average Bonchev–Trinajstić information content (AvgIpc) is 2.11. The average molecular weight is 218 g/mol. The summed E-state index contributed by atoms with van der Waals surface area (Å²) in [6.45, 7) is 0. The van der Waals surface area contributed by atoms with Gasteiger partial charge in [0.2, 0.25) is 0 Å². The molecule has 0 aliphatic heterocycles. The predicted octanol–water partition coefficient (Wildman–Crippen LogP) is 2.85. The monoisotopic (exact) mass is 217 g/mol. The highest BCUT2D eigenvalue weighted by atomic mass is 35.5. The van der Waals surface area contributed by atoms with Gasteiger partial charge in [0.15, 0.2) is 0 Å². The van der Waals surface area contributed by atoms with Crippen molar-refractivity contribution in [3.05, 3.63) is 28.8 Å². The number of nitrogens with zero attached hydrogens (tertiary/aromatic N) is 1. The largest absolute Gasteiger partial charge is 0.240 e. The maximum absolute atomic E-state index is 12.6. The molecule has 0 saturated carbocycles. The molecule has 13 heavy (non-hydrogen) atoms. The summed E-state index contributed by atoms with van der Waals surface area (Å²) >= 11 is 11.1. The molecule has 0 atom stereocenters. The minimum absolute atomic E-state index is 0.212. The Kier molecular flexibility index (Phi) is 4.01. The molecule has 1 heterocycles. The van der Waals surface area contributed by atoms with E-state index in [1.54, 1.807) is 0 Å². The van der Waals surface area contributed by atoms with Crippen molar-refractivity contribution in [1.29, 1.82) is 0 Å². The molecule has 1 aromatic heterocycles. The molecule has 68 valence electrons. The van der Waals surface area contributed by atoms with Crippen LogP contribution in [0.3, 0.4) is 0 Å². The molecule has 0 fully saturated rings. The highest BCUT2D eigenvalue weighted by Gasteiger charge is 1.99. The van der Waals surface area contributed by atoms with E-state index in [9.17, 15) is 4.39 Å². The number of pyridine rings is 1. The molecule has 1 aromatic rings. The van der Waals surface area contributed by atoms with Crippen LogP contribution < -0.4 is 0 Å². The zero-order chi connectivity index (χ0) is 9.68. The maximum Gasteiger partial charge on any atom is 0.144 e. The van der Waals surface area contributed by atoms with Crippen LogP contribution in [0.5, 0.6) is 0 Å². The van der Waals surface area contributed by atoms with Crippen molar-refractivity contribution >= 4 is 23.2 Å². The summed E-state index contributed by atoms with van der Waals surface area (Å²) in [6, 6.07) is 1.25. The molecule has 0 bridgehead atoms. The first-order valence-corrected chi connectivity index (χ1v) is 4.51. The summed E-state index contributed by atoms with van der Waals surface area (Å²) in [7, 11) is 0. The molecule has 0 N–H and O–H groups in total. The van der Waals surface area contributed by atoms with Gasteiger partial charge < -0.3 is 0 Å². The molecular formula is C9H6Cl2FN. The first-order chi connectivity index (χ1) is 6.24. The normalized spacial score (nSPS) is 9.15. The number of hydrogen-bond acceptors (Lipinski definition) is 1. The Balaban J connectivity index is 2.89. The lowest BCUT2D eigenvalue weighted by Gasteiger charge is -1.93. The fourth-order valence-electron chi connectivity index (χ4n) is 0.715. The van der Waals surface area contributed by atoms with Gasteiger partial charge in [-0.05, 0) is 6.07 Å². The summed E-state index contributed by atoms with van der Waals surface area (Å²) in [5.41, 5.74) is 0.395. The van der Waals surface area contributed by atoms with Crippen LogP contribution in [0.4, 0.5) is 4.39 Å². The van der Waals surface area contributed by atoms with E-state index in [-0.39, 0.29) is 5.15 Å². The standard InChI is InChI=1S/C9H6Cl2FN/c10-4-2-1-3-7-5-8(12)6-13-9(7)11/h5-6H,2,4H2. The van der Waals surface area contributed by atoms with Crippen molar-refractivity contribution in [3.8, 4) is 11.8 Å². The van der Waals surface area contributed by atoms with Gasteiger partial charge in [0.05, 0.1) is 11.8 Å². The summed E-state index contributed by atoms with van der Waals surface area (Å²) in [5.74, 6) is 5.44. The molecule has 0 aliphatic rings. The van der Waals surface area contributed by atoms with E-state index in [2.05, 4.69) is 16.8 Å². The van der Waals surface area contributed by atoms with E-state index >= 15 is 0 Å². The lowest BCUT2D eigenvalue weighted by atomic mass is 10.3. The molecule has 0 saturated heterocycles. The third kappa shape index (κ3) is 3.22. The SMILES string of the molecule is Fc1cnc(Cl)c(C#CCCCl)c1. The Bertz CT molecular complexity index is 354. The smallest absolute Gasteiger partial charge is 0.144 e. The molecular weight excluding hydrogens is 212 g/mol. The second kappa shape index (κ2) is 5.06. The van der Waals surface area contributed by atoms with Gasteiger partial charge in [0.1, 0.15) is 11.0 Å². The zero-order valence-corrected chi connectivity index (χ0v) is 8.16. The molecule has 1 rings (SSSR count). The number of rotatable bonds is 1. The van der Waals surface area contributed by atoms with Crippen molar-refractivity contribution in [1.82, 2.24) is 4.98 Å². The van der Waals surface area contributed by atoms with E-state index in [0.29, 0.717) is 17.9 Å². The second-order valence-electron chi connectivity index (χ2n) is 2.23. The van der Waals surface area contributed by atoms with E-state index in [1.807, 2.05) is 0 Å². The van der Waals surface area contributed by atoms with Gasteiger partial charge in [-0.15, -0.1) is 11.6 Å². The van der Waals surface area contributed by atoms with Crippen LogP contribution in [0.1, 0.15) is 12.0 Å². The highest BCUT2D eigenvalue weighted by Crippen LogP contribution is 2.11. The molecule has 0 unspecified atom stereocenters. The Morgan fingerprint density at radius 2 is 2.31 bits per heavy atom. The van der Waals surface area contributed by atoms with Gasteiger partial charge in [-0.2, -0.15) is 0 Å². The van der Waals surface area contributed by atoms with Gasteiger partial charge in [0.25, 0.3) is 0 Å². The van der Waals surface area contributed by atoms with Crippen LogP contribution in [0.15, 0.2) is 12.3 Å². The Hall–Kier alpha value is -0.780. The molecule has 4 heteroatoms. The minimum atomic E-state index is -0.445. The number of alkyl halides is 1. The van der Waals surface area contributed by atoms with Crippen LogP contribution in [-0.4, -0.2) is 10.9 Å². The van der Waals surface area contributed by atoms with Crippen LogP contribution in [-0.2, 0) is 0 Å². The molecule has 0 spiro atoms. The maximum atomic E-state index is 12.6.